The van der Waals surface area contributed by atoms with Gasteiger partial charge in [-0.2, -0.15) is 0 Å². The summed E-state index contributed by atoms with van der Waals surface area (Å²) in [6, 6.07) is 28.1. The normalized spacial score (nSPS) is 11.9. The van der Waals surface area contributed by atoms with Crippen LogP contribution in [-0.2, 0) is 32.6 Å². The zero-order valence-electron chi connectivity index (χ0n) is 24.7. The second-order valence-electron chi connectivity index (χ2n) is 10.5. The van der Waals surface area contributed by atoms with Gasteiger partial charge < -0.3 is 10.2 Å². The highest BCUT2D eigenvalue weighted by Gasteiger charge is 2.34. The van der Waals surface area contributed by atoms with Crippen LogP contribution in [0, 0.1) is 0 Å². The van der Waals surface area contributed by atoms with Crippen molar-refractivity contribution in [3.63, 3.8) is 0 Å². The van der Waals surface area contributed by atoms with Crippen LogP contribution < -0.4 is 9.62 Å². The number of benzene rings is 4. The Morgan fingerprint density at radius 3 is 2.04 bits per heavy atom. The van der Waals surface area contributed by atoms with Crippen molar-refractivity contribution in [2.45, 2.75) is 43.7 Å². The topological polar surface area (TPSA) is 86.8 Å². The highest BCUT2D eigenvalue weighted by atomic mass is 79.9. The van der Waals surface area contributed by atoms with Crippen LogP contribution >= 0.6 is 39.1 Å². The summed E-state index contributed by atoms with van der Waals surface area (Å²) in [4.78, 5) is 29.7. The maximum atomic E-state index is 14.5. The van der Waals surface area contributed by atoms with Gasteiger partial charge in [0, 0.05) is 34.0 Å². The number of nitrogens with one attached hydrogen (secondary N) is 1. The molecule has 1 N–H and O–H groups in total. The van der Waals surface area contributed by atoms with Crippen LogP contribution in [-0.4, -0.2) is 44.3 Å². The van der Waals surface area contributed by atoms with Crippen LogP contribution in [0.3, 0.4) is 0 Å². The number of sulfonamides is 1. The molecule has 0 fully saturated rings. The van der Waals surface area contributed by atoms with Crippen LogP contribution in [0.1, 0.15) is 30.9 Å². The first-order valence-electron chi connectivity index (χ1n) is 14.5. The minimum atomic E-state index is -4.26. The number of unbranched alkanes of at least 4 members (excludes halogenated alkanes) is 1. The van der Waals surface area contributed by atoms with Crippen LogP contribution in [0.25, 0.3) is 0 Å². The lowest BCUT2D eigenvalue weighted by Gasteiger charge is -2.34. The molecular formula is C34H34BrCl2N3O4S. The predicted molar refractivity (Wildman–Crippen MR) is 184 cm³/mol. The molecule has 0 aliphatic heterocycles. The van der Waals surface area contributed by atoms with E-state index in [2.05, 4.69) is 21.2 Å². The van der Waals surface area contributed by atoms with Gasteiger partial charge in [-0.25, -0.2) is 8.42 Å². The van der Waals surface area contributed by atoms with E-state index in [9.17, 15) is 18.0 Å². The van der Waals surface area contributed by atoms with E-state index in [4.69, 9.17) is 23.2 Å². The molecule has 0 bridgehead atoms. The second kappa shape index (κ2) is 16.3. The lowest BCUT2D eigenvalue weighted by Crippen LogP contribution is -2.53. The van der Waals surface area contributed by atoms with Crippen LogP contribution in [0.2, 0.25) is 10.0 Å². The maximum absolute atomic E-state index is 14.5. The highest BCUT2D eigenvalue weighted by molar-refractivity contribution is 9.10. The third kappa shape index (κ3) is 9.56. The molecule has 0 heterocycles. The lowest BCUT2D eigenvalue weighted by molar-refractivity contribution is -0.140. The maximum Gasteiger partial charge on any atom is 0.264 e. The number of rotatable bonds is 14. The average molecular weight is 732 g/mol. The molecule has 0 aliphatic carbocycles. The van der Waals surface area contributed by atoms with Crippen LogP contribution in [0.5, 0.6) is 0 Å². The van der Waals surface area contributed by atoms with E-state index in [1.165, 1.54) is 35.2 Å². The fraction of sp³-hybridized carbons (Fsp3) is 0.235. The molecule has 1 unspecified atom stereocenters. The Hall–Kier alpha value is -3.37. The fourth-order valence-corrected chi connectivity index (χ4v) is 6.98. The number of hydrogen-bond donors (Lipinski definition) is 1. The molecule has 0 radical (unpaired) electrons. The zero-order valence-corrected chi connectivity index (χ0v) is 28.6. The Labute approximate surface area is 283 Å². The standard InChI is InChI=1S/C34H34BrCl2N3O4S/c1-2-3-18-38-34(42)32(19-25-10-6-4-7-11-25)39(23-26-14-16-27(35)17-15-26)33(41)24-40(30-21-28(36)20-29(37)22-30)45(43,44)31-12-8-5-9-13-31/h4-17,20-22,32H,2-3,18-19,23-24H2,1H3,(H,38,42). The van der Waals surface area contributed by atoms with Crippen molar-refractivity contribution < 1.29 is 18.0 Å². The van der Waals surface area contributed by atoms with E-state index >= 15 is 0 Å². The quantitative estimate of drug-likeness (QED) is 0.136. The molecule has 45 heavy (non-hydrogen) atoms. The summed E-state index contributed by atoms with van der Waals surface area (Å²) in [5.41, 5.74) is 1.76. The van der Waals surface area contributed by atoms with Gasteiger partial charge in [0.2, 0.25) is 11.8 Å². The van der Waals surface area contributed by atoms with Crippen molar-refractivity contribution in [3.8, 4) is 0 Å². The summed E-state index contributed by atoms with van der Waals surface area (Å²) in [5.74, 6) is -0.888. The zero-order chi connectivity index (χ0) is 32.4. The fourth-order valence-electron chi connectivity index (χ4n) is 4.78. The molecule has 0 aromatic heterocycles. The number of hydrogen-bond acceptors (Lipinski definition) is 4. The Kier molecular flexibility index (Phi) is 12.5. The molecule has 1 atom stereocenters. The van der Waals surface area contributed by atoms with Gasteiger partial charge >= 0.3 is 0 Å². The first-order chi connectivity index (χ1) is 21.6. The molecule has 4 rings (SSSR count). The molecule has 11 heteroatoms. The van der Waals surface area contributed by atoms with Crippen molar-refractivity contribution in [3.05, 3.63) is 129 Å². The van der Waals surface area contributed by atoms with Crippen molar-refractivity contribution in [2.75, 3.05) is 17.4 Å². The minimum Gasteiger partial charge on any atom is -0.354 e. The monoisotopic (exact) mass is 729 g/mol. The van der Waals surface area contributed by atoms with Gasteiger partial charge in [0.1, 0.15) is 12.6 Å². The molecular weight excluding hydrogens is 697 g/mol. The van der Waals surface area contributed by atoms with Gasteiger partial charge in [0.25, 0.3) is 10.0 Å². The van der Waals surface area contributed by atoms with Crippen molar-refractivity contribution in [1.29, 1.82) is 0 Å². The number of carbonyl (C=O) groups excluding carboxylic acids is 2. The molecule has 0 aliphatic rings. The van der Waals surface area contributed by atoms with E-state index in [1.54, 1.807) is 18.2 Å². The molecule has 4 aromatic carbocycles. The summed E-state index contributed by atoms with van der Waals surface area (Å²) >= 11 is 16.0. The summed E-state index contributed by atoms with van der Waals surface area (Å²) in [6.07, 6.45) is 1.90. The highest BCUT2D eigenvalue weighted by Crippen LogP contribution is 2.30. The van der Waals surface area contributed by atoms with Crippen molar-refractivity contribution in [2.24, 2.45) is 0 Å². The van der Waals surface area contributed by atoms with Gasteiger partial charge in [0.15, 0.2) is 0 Å². The smallest absolute Gasteiger partial charge is 0.264 e. The number of amides is 2. The molecule has 0 saturated carbocycles. The summed E-state index contributed by atoms with van der Waals surface area (Å²) in [5, 5.41) is 3.40. The van der Waals surface area contributed by atoms with Gasteiger partial charge in [-0.3, -0.25) is 13.9 Å². The van der Waals surface area contributed by atoms with E-state index in [0.717, 1.165) is 32.7 Å². The number of halogens is 3. The third-order valence-corrected chi connectivity index (χ3v) is 9.87. The number of nitrogens with zero attached hydrogens (tertiary/aromatic N) is 2. The summed E-state index contributed by atoms with van der Waals surface area (Å²) in [7, 11) is -4.26. The molecule has 0 spiro atoms. The number of anilines is 1. The first-order valence-corrected chi connectivity index (χ1v) is 17.5. The van der Waals surface area contributed by atoms with E-state index in [-0.39, 0.29) is 39.5 Å². The van der Waals surface area contributed by atoms with E-state index < -0.39 is 28.5 Å². The molecule has 0 saturated heterocycles. The van der Waals surface area contributed by atoms with Crippen LogP contribution in [0.15, 0.2) is 112 Å². The Balaban J connectivity index is 1.80. The Morgan fingerprint density at radius 1 is 0.844 bits per heavy atom. The Bertz CT molecular complexity index is 1670. The predicted octanol–water partition coefficient (Wildman–Crippen LogP) is 7.51. The third-order valence-electron chi connectivity index (χ3n) is 7.11. The minimum absolute atomic E-state index is 0.00787. The molecule has 2 amide bonds. The summed E-state index contributed by atoms with van der Waals surface area (Å²) < 4.78 is 30.0. The van der Waals surface area contributed by atoms with Crippen molar-refractivity contribution in [1.82, 2.24) is 10.2 Å². The SMILES string of the molecule is CCCCNC(=O)C(Cc1ccccc1)N(Cc1ccc(Br)cc1)C(=O)CN(c1cc(Cl)cc(Cl)c1)S(=O)(=O)c1ccccc1. The van der Waals surface area contributed by atoms with E-state index in [0.29, 0.717) is 6.54 Å². The Morgan fingerprint density at radius 2 is 1.44 bits per heavy atom. The van der Waals surface area contributed by atoms with Crippen LogP contribution in [0.4, 0.5) is 5.69 Å². The lowest BCUT2D eigenvalue weighted by atomic mass is 10.0. The number of carbonyl (C=O) groups is 2. The average Bonchev–Trinajstić information content (AvgIpc) is 3.02. The summed E-state index contributed by atoms with van der Waals surface area (Å²) in [6.45, 7) is 1.95. The van der Waals surface area contributed by atoms with E-state index in [1.807, 2.05) is 61.5 Å². The van der Waals surface area contributed by atoms with Gasteiger partial charge in [-0.1, -0.05) is 113 Å². The second-order valence-corrected chi connectivity index (χ2v) is 14.1. The molecule has 7 nitrogen and oxygen atoms in total. The first kappa shape index (κ1) is 34.5. The molecule has 4 aromatic rings. The largest absolute Gasteiger partial charge is 0.354 e. The van der Waals surface area contributed by atoms with Gasteiger partial charge in [-0.05, 0) is 60.0 Å². The van der Waals surface area contributed by atoms with Gasteiger partial charge in [0.05, 0.1) is 10.6 Å². The van der Waals surface area contributed by atoms with Crippen molar-refractivity contribution >= 4 is 66.7 Å². The van der Waals surface area contributed by atoms with Gasteiger partial charge in [-0.15, -0.1) is 0 Å². The molecule has 236 valence electrons.